The second-order valence-corrected chi connectivity index (χ2v) is 5.10. The minimum absolute atomic E-state index is 0. The average molecular weight is 614 g/mol. The molecule has 1 aliphatic rings. The second-order valence-electron chi connectivity index (χ2n) is 5.10. The van der Waals surface area contributed by atoms with Gasteiger partial charge < -0.3 is 33.9 Å². The molecule has 1 saturated heterocycles. The summed E-state index contributed by atoms with van der Waals surface area (Å²) in [4.78, 5) is 0. The fraction of sp³-hybridized carbons (Fsp3) is 0.812. The van der Waals surface area contributed by atoms with Gasteiger partial charge in [0.1, 0.15) is 6.10 Å². The monoisotopic (exact) mass is 614 g/mol. The number of aliphatic hydroxyl groups is 2. The molecule has 0 saturated carbocycles. The van der Waals surface area contributed by atoms with Crippen LogP contribution >= 0.6 is 0 Å². The van der Waals surface area contributed by atoms with Gasteiger partial charge in [0.05, 0.1) is 45.0 Å². The van der Waals surface area contributed by atoms with Crippen molar-refractivity contribution in [3.63, 3.8) is 0 Å². The van der Waals surface area contributed by atoms with E-state index in [4.69, 9.17) is 29.3 Å². The smallest absolute Gasteiger partial charge is 0.158 e. The maximum Gasteiger partial charge on any atom is 0.158 e. The van der Waals surface area contributed by atoms with Gasteiger partial charge in [0, 0.05) is 13.2 Å². The zero-order chi connectivity index (χ0) is 18.0. The van der Waals surface area contributed by atoms with Crippen molar-refractivity contribution >= 4 is 0 Å². The van der Waals surface area contributed by atoms with Crippen molar-refractivity contribution in [2.24, 2.45) is 0 Å². The van der Waals surface area contributed by atoms with E-state index in [0.29, 0.717) is 26.2 Å². The van der Waals surface area contributed by atoms with Gasteiger partial charge in [0.2, 0.25) is 0 Å². The Morgan fingerprint density at radius 3 is 2.48 bits per heavy atom. The fourth-order valence-electron chi connectivity index (χ4n) is 2.01. The van der Waals surface area contributed by atoms with Crippen LogP contribution in [0.25, 0.3) is 0 Å². The van der Waals surface area contributed by atoms with Gasteiger partial charge in [-0.15, -0.1) is 0 Å². The van der Waals surface area contributed by atoms with Crippen molar-refractivity contribution < 1.29 is 33.9 Å². The van der Waals surface area contributed by atoms with E-state index in [1.807, 2.05) is 6.07 Å². The quantitative estimate of drug-likeness (QED) is 0.249. The number of aliphatic hydroxyl groups excluding tert-OH is 2. The first-order valence-electron chi connectivity index (χ1n) is 7.92. The molecule has 0 spiro atoms. The molecule has 0 bridgehead atoms. The molecule has 1 aliphatic heterocycles. The van der Waals surface area contributed by atoms with Gasteiger partial charge in [-0.05, 0) is 19.3 Å². The summed E-state index contributed by atoms with van der Waals surface area (Å²) in [6.07, 6.45) is 2.07. The molecule has 0 radical (unpaired) electrons. The molecule has 3 unspecified atom stereocenters. The van der Waals surface area contributed by atoms with Crippen LogP contribution in [0.5, 0.6) is 0 Å². The zero-order valence-electron chi connectivity index (χ0n) is 14.8. The molecule has 9 heteroatoms. The number of rotatable bonds is 12. The molecule has 1 rings (SSSR count). The predicted molar refractivity (Wildman–Crippen MR) is 84.9 cm³/mol. The van der Waals surface area contributed by atoms with Gasteiger partial charge in [-0.1, -0.05) is 0 Å². The number of hydrogen-bond donors (Lipinski definition) is 2. The van der Waals surface area contributed by atoms with Crippen LogP contribution in [0.2, 0.25) is 0 Å². The Morgan fingerprint density at radius 2 is 1.88 bits per heavy atom. The van der Waals surface area contributed by atoms with Crippen LogP contribution in [0.3, 0.4) is 0 Å². The molecule has 0 aromatic carbocycles. The summed E-state index contributed by atoms with van der Waals surface area (Å²) in [5, 5.41) is 24.8. The van der Waals surface area contributed by atoms with Crippen molar-refractivity contribution in [3.05, 3.63) is 14.2 Å². The number of ether oxygens (including phenoxy) is 5. The molecule has 25 heavy (non-hydrogen) atoms. The molecule has 0 aromatic heterocycles. The average Bonchev–Trinajstić information content (AvgIpc) is 2.61. The van der Waals surface area contributed by atoms with Crippen molar-refractivity contribution in [3.8, 4) is 6.07 Å². The molecule has 144 valence electrons. The van der Waals surface area contributed by atoms with E-state index in [1.165, 1.54) is 0 Å². The van der Waals surface area contributed by atoms with Crippen LogP contribution in [0.4, 0.5) is 0 Å². The van der Waals surface area contributed by atoms with Crippen LogP contribution in [-0.2, 0) is 23.7 Å². The Morgan fingerprint density at radius 1 is 1.16 bits per heavy atom. The third kappa shape index (κ3) is 14.3. The summed E-state index contributed by atoms with van der Waals surface area (Å²) in [6.45, 7) is 1.92. The van der Waals surface area contributed by atoms with Crippen LogP contribution < -0.4 is 0 Å². The molecule has 1 heterocycles. The first-order valence-corrected chi connectivity index (χ1v) is 7.92. The largest absolute Gasteiger partial charge is 0.569 e. The summed E-state index contributed by atoms with van der Waals surface area (Å²) < 4.78 is 26.8. The summed E-state index contributed by atoms with van der Waals surface area (Å²) in [5.74, 6) is 0. The molecule has 0 aromatic rings. The maximum absolute atomic E-state index is 9.51. The Kier molecular flexibility index (Phi) is 18.9. The molecule has 1 fully saturated rings. The summed E-state index contributed by atoms with van der Waals surface area (Å²) in [6, 6.07) is 2.02. The first kappa shape index (κ1) is 25.5. The third-order valence-electron chi connectivity index (χ3n) is 3.07. The van der Waals surface area contributed by atoms with Crippen molar-refractivity contribution in [2.45, 2.75) is 44.2 Å². The number of nitriles is 1. The summed E-state index contributed by atoms with van der Waals surface area (Å²) in [5.41, 5.74) is 0. The molecule has 0 amide bonds. The third-order valence-corrected chi connectivity index (χ3v) is 3.07. The van der Waals surface area contributed by atoms with E-state index in [0.717, 1.165) is 19.3 Å². The van der Waals surface area contributed by atoms with Crippen LogP contribution in [-0.4, -0.2) is 68.4 Å². The van der Waals surface area contributed by atoms with Crippen molar-refractivity contribution in [1.82, 2.24) is 0 Å². The maximum atomic E-state index is 9.51. The van der Waals surface area contributed by atoms with Gasteiger partial charge in [-0.3, -0.25) is 0 Å². The molecule has 8 nitrogen and oxygen atoms in total. The Balaban J connectivity index is 0. The summed E-state index contributed by atoms with van der Waals surface area (Å²) in [7, 11) is 5.45. The van der Waals surface area contributed by atoms with Crippen molar-refractivity contribution in [1.29, 1.82) is 5.26 Å². The van der Waals surface area contributed by atoms with Crippen molar-refractivity contribution in [2.75, 3.05) is 39.6 Å². The van der Waals surface area contributed by atoms with Crippen LogP contribution in [0.15, 0.2) is 0 Å². The fourth-order valence-corrected chi connectivity index (χ4v) is 2.01. The van der Waals surface area contributed by atoms with Gasteiger partial charge in [-0.2, -0.15) is 5.26 Å². The van der Waals surface area contributed by atoms with E-state index >= 15 is 0 Å². The van der Waals surface area contributed by atoms with E-state index < -0.39 is 6.10 Å². The Labute approximate surface area is 144 Å². The number of nitrogens with zero attached hydrogens (tertiary/aromatic N) is 1. The topological polar surface area (TPSA) is 110 Å². The first-order chi connectivity index (χ1) is 11.8. The predicted octanol–water partition coefficient (Wildman–Crippen LogP) is 1.16. The van der Waals surface area contributed by atoms with E-state index in [2.05, 4.69) is 19.0 Å². The molecule has 0 aliphatic carbocycles. The van der Waals surface area contributed by atoms with E-state index in [9.17, 15) is 5.11 Å². The molecule has 3 atom stereocenters. The minimum Gasteiger partial charge on any atom is -0.569 e. The second kappa shape index (κ2) is 18.5. The Bertz CT molecular complexity index is 311. The normalized spacial score (nSPS) is 18.9. The SMILES string of the molecule is [CH2-]O.[CH2-]OCC(O)COCC(COCCC#N)OC1CCCCO1.[Rf]. The van der Waals surface area contributed by atoms with Crippen LogP contribution in [0, 0.1) is 25.6 Å². The van der Waals surface area contributed by atoms with Gasteiger partial charge in [-0.25, -0.2) is 14.2 Å². The Hall–Kier alpha value is -1.79. The molecular weight excluding hydrogens is 585 g/mol. The standard InChI is InChI=1S/C15H26NO6.CH3O.Rf/c1-18-9-13(17)10-20-12-14(11-19-7-4-6-16)22-15-5-2-3-8-21-15;1-2;/h13-15,17H,1-5,7-12H2;2H,1H2;/q2*-1;. The van der Waals surface area contributed by atoms with Gasteiger partial charge in [0.25, 0.3) is 0 Å². The molecule has 2 N–H and O–H groups in total. The van der Waals surface area contributed by atoms with Crippen LogP contribution in [0.1, 0.15) is 25.7 Å². The minimum atomic E-state index is -0.719. The zero-order valence-corrected chi connectivity index (χ0v) is 21.2. The van der Waals surface area contributed by atoms with E-state index in [1.54, 1.807) is 0 Å². The molecular formula is C16H29NO7Rf-2. The number of hydrogen-bond acceptors (Lipinski definition) is 8. The van der Waals surface area contributed by atoms with Gasteiger partial charge >= 0.3 is 0 Å². The van der Waals surface area contributed by atoms with E-state index in [-0.39, 0.29) is 32.2 Å². The summed E-state index contributed by atoms with van der Waals surface area (Å²) >= 11 is 0. The van der Waals surface area contributed by atoms with Gasteiger partial charge in [0.15, 0.2) is 6.29 Å².